The fourth-order valence-corrected chi connectivity index (χ4v) is 1.05. The van der Waals surface area contributed by atoms with Crippen molar-refractivity contribution in [1.29, 1.82) is 0 Å². The Morgan fingerprint density at radius 3 is 2.67 bits per heavy atom. The van der Waals surface area contributed by atoms with Crippen molar-refractivity contribution < 1.29 is 9.18 Å². The maximum absolute atomic E-state index is 12.5. The van der Waals surface area contributed by atoms with Crippen LogP contribution in [0.1, 0.15) is 18.9 Å². The second-order valence-corrected chi connectivity index (χ2v) is 3.18. The molecule has 1 rings (SSSR count). The molecule has 0 heterocycles. The summed E-state index contributed by atoms with van der Waals surface area (Å²) in [5, 5.41) is 2.71. The summed E-state index contributed by atoms with van der Waals surface area (Å²) < 4.78 is 12.5. The molecular formula is C12H14FNO. The minimum absolute atomic E-state index is 0.124. The Morgan fingerprint density at radius 1 is 1.40 bits per heavy atom. The first-order valence-corrected chi connectivity index (χ1v) is 4.94. The normalized spacial score (nSPS) is 10.5. The van der Waals surface area contributed by atoms with Crippen molar-refractivity contribution >= 4 is 12.0 Å². The zero-order valence-electron chi connectivity index (χ0n) is 8.66. The second kappa shape index (κ2) is 5.96. The minimum atomic E-state index is -0.275. The van der Waals surface area contributed by atoms with Crippen LogP contribution in [0.25, 0.3) is 6.08 Å². The van der Waals surface area contributed by atoms with Gasteiger partial charge in [-0.15, -0.1) is 0 Å². The van der Waals surface area contributed by atoms with Crippen molar-refractivity contribution in [3.8, 4) is 0 Å². The molecule has 0 aliphatic heterocycles. The molecule has 0 saturated heterocycles. The van der Waals surface area contributed by atoms with Gasteiger partial charge in [-0.25, -0.2) is 4.39 Å². The molecule has 2 nitrogen and oxygen atoms in total. The van der Waals surface area contributed by atoms with Gasteiger partial charge in [-0.1, -0.05) is 19.1 Å². The number of halogens is 1. The van der Waals surface area contributed by atoms with Crippen LogP contribution in [-0.2, 0) is 4.79 Å². The third-order valence-electron chi connectivity index (χ3n) is 1.85. The molecule has 0 unspecified atom stereocenters. The Bertz CT molecular complexity index is 343. The first kappa shape index (κ1) is 11.4. The minimum Gasteiger partial charge on any atom is -0.353 e. The molecule has 0 spiro atoms. The van der Waals surface area contributed by atoms with E-state index in [4.69, 9.17) is 0 Å². The highest BCUT2D eigenvalue weighted by atomic mass is 19.1. The first-order valence-electron chi connectivity index (χ1n) is 4.94. The fraction of sp³-hybridized carbons (Fsp3) is 0.250. The van der Waals surface area contributed by atoms with E-state index in [0.717, 1.165) is 12.0 Å². The highest BCUT2D eigenvalue weighted by Crippen LogP contribution is 2.04. The van der Waals surface area contributed by atoms with E-state index in [1.165, 1.54) is 18.2 Å². The third-order valence-corrected chi connectivity index (χ3v) is 1.85. The second-order valence-electron chi connectivity index (χ2n) is 3.18. The number of hydrogen-bond acceptors (Lipinski definition) is 1. The molecule has 0 aromatic heterocycles. The van der Waals surface area contributed by atoms with Crippen LogP contribution in [0, 0.1) is 5.82 Å². The van der Waals surface area contributed by atoms with Gasteiger partial charge in [-0.05, 0) is 30.2 Å². The summed E-state index contributed by atoms with van der Waals surface area (Å²) in [6.45, 7) is 2.66. The van der Waals surface area contributed by atoms with Gasteiger partial charge in [0.05, 0.1) is 0 Å². The number of carbonyl (C=O) groups is 1. The molecule has 1 aromatic carbocycles. The highest BCUT2D eigenvalue weighted by Gasteiger charge is 1.93. The van der Waals surface area contributed by atoms with Crippen LogP contribution < -0.4 is 5.32 Å². The Morgan fingerprint density at radius 2 is 2.07 bits per heavy atom. The number of amides is 1. The standard InChI is InChI=1S/C12H14FNO/c1-2-9-14-12(15)8-5-10-3-6-11(13)7-4-10/h3-8H,2,9H2,1H3,(H,14,15)/b8-5+. The monoisotopic (exact) mass is 207 g/mol. The summed E-state index contributed by atoms with van der Waals surface area (Å²) in [6, 6.07) is 5.98. The van der Waals surface area contributed by atoms with Gasteiger partial charge >= 0.3 is 0 Å². The topological polar surface area (TPSA) is 29.1 Å². The van der Waals surface area contributed by atoms with Gasteiger partial charge in [0.15, 0.2) is 0 Å². The first-order chi connectivity index (χ1) is 7.22. The summed E-state index contributed by atoms with van der Waals surface area (Å²) >= 11 is 0. The lowest BCUT2D eigenvalue weighted by molar-refractivity contribution is -0.116. The van der Waals surface area contributed by atoms with Gasteiger partial charge in [0, 0.05) is 12.6 Å². The van der Waals surface area contributed by atoms with Crippen LogP contribution in [-0.4, -0.2) is 12.5 Å². The summed E-state index contributed by atoms with van der Waals surface area (Å²) in [5.74, 6) is -0.399. The lowest BCUT2D eigenvalue weighted by Crippen LogP contribution is -2.21. The van der Waals surface area contributed by atoms with Gasteiger partial charge < -0.3 is 5.32 Å². The zero-order chi connectivity index (χ0) is 11.1. The van der Waals surface area contributed by atoms with Crippen molar-refractivity contribution in [3.05, 3.63) is 41.7 Å². The van der Waals surface area contributed by atoms with E-state index in [0.29, 0.717) is 6.54 Å². The molecule has 3 heteroatoms. The number of nitrogens with one attached hydrogen (secondary N) is 1. The Labute approximate surface area is 88.8 Å². The van der Waals surface area contributed by atoms with E-state index in [9.17, 15) is 9.18 Å². The average molecular weight is 207 g/mol. The largest absolute Gasteiger partial charge is 0.353 e. The average Bonchev–Trinajstić information content (AvgIpc) is 2.25. The van der Waals surface area contributed by atoms with Gasteiger partial charge in [0.1, 0.15) is 5.82 Å². The van der Waals surface area contributed by atoms with Crippen molar-refractivity contribution in [2.45, 2.75) is 13.3 Å². The van der Waals surface area contributed by atoms with Gasteiger partial charge in [-0.3, -0.25) is 4.79 Å². The van der Waals surface area contributed by atoms with Crippen LogP contribution in [0.2, 0.25) is 0 Å². The van der Waals surface area contributed by atoms with Gasteiger partial charge in [0.25, 0.3) is 0 Å². The predicted molar refractivity (Wildman–Crippen MR) is 58.7 cm³/mol. The lowest BCUT2D eigenvalue weighted by atomic mass is 10.2. The zero-order valence-corrected chi connectivity index (χ0v) is 8.66. The van der Waals surface area contributed by atoms with Crippen molar-refractivity contribution in [2.75, 3.05) is 6.54 Å². The van der Waals surface area contributed by atoms with Crippen LogP contribution in [0.5, 0.6) is 0 Å². The van der Waals surface area contributed by atoms with Gasteiger partial charge in [0.2, 0.25) is 5.91 Å². The molecule has 15 heavy (non-hydrogen) atoms. The molecule has 0 fully saturated rings. The number of carbonyl (C=O) groups excluding carboxylic acids is 1. The molecule has 0 aliphatic rings. The van der Waals surface area contributed by atoms with E-state index >= 15 is 0 Å². The Kier molecular flexibility index (Phi) is 4.54. The van der Waals surface area contributed by atoms with Crippen molar-refractivity contribution in [2.24, 2.45) is 0 Å². The number of hydrogen-bond donors (Lipinski definition) is 1. The van der Waals surface area contributed by atoms with Crippen LogP contribution in [0.4, 0.5) is 4.39 Å². The predicted octanol–water partition coefficient (Wildman–Crippen LogP) is 2.37. The number of benzene rings is 1. The van der Waals surface area contributed by atoms with E-state index in [1.54, 1.807) is 18.2 Å². The SMILES string of the molecule is CCCNC(=O)/C=C/c1ccc(F)cc1. The van der Waals surface area contributed by atoms with E-state index in [1.807, 2.05) is 6.92 Å². The molecule has 1 N–H and O–H groups in total. The number of rotatable bonds is 4. The smallest absolute Gasteiger partial charge is 0.243 e. The van der Waals surface area contributed by atoms with E-state index in [-0.39, 0.29) is 11.7 Å². The molecule has 0 saturated carbocycles. The lowest BCUT2D eigenvalue weighted by Gasteiger charge is -1.97. The van der Waals surface area contributed by atoms with Crippen molar-refractivity contribution in [3.63, 3.8) is 0 Å². The molecule has 1 aromatic rings. The van der Waals surface area contributed by atoms with Gasteiger partial charge in [-0.2, -0.15) is 0 Å². The molecule has 0 bridgehead atoms. The summed E-state index contributed by atoms with van der Waals surface area (Å²) in [6.07, 6.45) is 4.02. The third kappa shape index (κ3) is 4.40. The fourth-order valence-electron chi connectivity index (χ4n) is 1.05. The van der Waals surface area contributed by atoms with Crippen LogP contribution in [0.3, 0.4) is 0 Å². The quantitative estimate of drug-likeness (QED) is 0.754. The molecular weight excluding hydrogens is 193 g/mol. The maximum atomic E-state index is 12.5. The summed E-state index contributed by atoms with van der Waals surface area (Å²) in [5.41, 5.74) is 0.808. The summed E-state index contributed by atoms with van der Waals surface area (Å²) in [4.78, 5) is 11.2. The molecule has 0 radical (unpaired) electrons. The molecule has 0 atom stereocenters. The highest BCUT2D eigenvalue weighted by molar-refractivity contribution is 5.91. The molecule has 1 amide bonds. The Balaban J connectivity index is 2.50. The van der Waals surface area contributed by atoms with Crippen LogP contribution in [0.15, 0.2) is 30.3 Å². The molecule has 80 valence electrons. The van der Waals surface area contributed by atoms with Crippen molar-refractivity contribution in [1.82, 2.24) is 5.32 Å². The maximum Gasteiger partial charge on any atom is 0.243 e. The molecule has 0 aliphatic carbocycles. The Hall–Kier alpha value is -1.64. The summed E-state index contributed by atoms with van der Waals surface area (Å²) in [7, 11) is 0. The van der Waals surface area contributed by atoms with E-state index < -0.39 is 0 Å². The van der Waals surface area contributed by atoms with Crippen LogP contribution >= 0.6 is 0 Å². The van der Waals surface area contributed by atoms with E-state index in [2.05, 4.69) is 5.32 Å².